The van der Waals surface area contributed by atoms with Crippen LogP contribution in [-0.2, 0) is 6.42 Å². The number of rotatable bonds is 7. The van der Waals surface area contributed by atoms with Gasteiger partial charge >= 0.3 is 0 Å². The lowest BCUT2D eigenvalue weighted by molar-refractivity contribution is -0.384. The molecule has 1 N–H and O–H groups in total. The van der Waals surface area contributed by atoms with E-state index in [1.54, 1.807) is 48.7 Å². The molecule has 0 saturated heterocycles. The van der Waals surface area contributed by atoms with E-state index < -0.39 is 4.92 Å². The largest absolute Gasteiger partial charge is 0.350 e. The summed E-state index contributed by atoms with van der Waals surface area (Å²) < 4.78 is 1.51. The molecule has 0 aliphatic carbocycles. The molecule has 4 aromatic rings. The quantitative estimate of drug-likeness (QED) is 0.332. The summed E-state index contributed by atoms with van der Waals surface area (Å²) in [4.78, 5) is 27.7. The van der Waals surface area contributed by atoms with Gasteiger partial charge in [0.1, 0.15) is 5.69 Å². The van der Waals surface area contributed by atoms with Crippen LogP contribution < -0.4 is 5.32 Å². The van der Waals surface area contributed by atoms with Gasteiger partial charge in [-0.15, -0.1) is 0 Å². The number of hydrogen-bond donors (Lipinski definition) is 1. The first kappa shape index (κ1) is 21.2. The Morgan fingerprint density at radius 3 is 2.56 bits per heavy atom. The van der Waals surface area contributed by atoms with Gasteiger partial charge in [-0.25, -0.2) is 4.68 Å². The van der Waals surface area contributed by atoms with Crippen LogP contribution >= 0.6 is 11.6 Å². The molecular weight excluding hydrogens is 430 g/mol. The Morgan fingerprint density at radius 2 is 1.88 bits per heavy atom. The van der Waals surface area contributed by atoms with E-state index in [0.717, 1.165) is 5.69 Å². The minimum absolute atomic E-state index is 0.0180. The minimum Gasteiger partial charge on any atom is -0.350 e. The summed E-state index contributed by atoms with van der Waals surface area (Å²) in [6.07, 6.45) is 2.30. The molecule has 0 aliphatic rings. The van der Waals surface area contributed by atoms with Crippen LogP contribution in [0.25, 0.3) is 16.9 Å². The molecule has 0 radical (unpaired) electrons. The first-order valence-electron chi connectivity index (χ1n) is 9.80. The Hall–Kier alpha value is -4.04. The van der Waals surface area contributed by atoms with Crippen molar-refractivity contribution in [3.8, 4) is 16.9 Å². The van der Waals surface area contributed by atoms with E-state index in [9.17, 15) is 14.9 Å². The molecule has 2 heterocycles. The molecule has 0 bridgehead atoms. The average Bonchev–Trinajstić information content (AvgIpc) is 3.25. The van der Waals surface area contributed by atoms with Gasteiger partial charge in [0.05, 0.1) is 16.3 Å². The Balaban J connectivity index is 1.63. The molecule has 0 aliphatic heterocycles. The molecule has 0 fully saturated rings. The number of nitrogens with zero attached hydrogens (tertiary/aromatic N) is 4. The van der Waals surface area contributed by atoms with Gasteiger partial charge < -0.3 is 5.32 Å². The first-order chi connectivity index (χ1) is 15.5. The van der Waals surface area contributed by atoms with Gasteiger partial charge in [0, 0.05) is 47.6 Å². The molecule has 4 rings (SSSR count). The summed E-state index contributed by atoms with van der Waals surface area (Å²) in [6, 6.07) is 20.3. The van der Waals surface area contributed by atoms with E-state index in [1.807, 2.05) is 18.2 Å². The highest BCUT2D eigenvalue weighted by atomic mass is 35.5. The fourth-order valence-electron chi connectivity index (χ4n) is 3.18. The van der Waals surface area contributed by atoms with Crippen molar-refractivity contribution in [2.24, 2.45) is 0 Å². The van der Waals surface area contributed by atoms with E-state index >= 15 is 0 Å². The standard InChI is InChI=1S/C23H18ClN5O3/c24-17-4-3-6-20(14-17)28-22(23(30)26-13-11-18-5-1-2-12-25-18)15-21(27-28)16-7-9-19(10-8-16)29(31)32/h1-10,12,14-15H,11,13H2,(H,26,30). The van der Waals surface area contributed by atoms with Crippen molar-refractivity contribution >= 4 is 23.2 Å². The second kappa shape index (κ2) is 9.40. The summed E-state index contributed by atoms with van der Waals surface area (Å²) in [5.41, 5.74) is 2.97. The number of carbonyl (C=O) groups excluding carboxylic acids is 1. The predicted molar refractivity (Wildman–Crippen MR) is 121 cm³/mol. The topological polar surface area (TPSA) is 103 Å². The SMILES string of the molecule is O=C(NCCc1ccccn1)c1cc(-c2ccc([N+](=O)[O-])cc2)nn1-c1cccc(Cl)c1. The summed E-state index contributed by atoms with van der Waals surface area (Å²) >= 11 is 6.14. The lowest BCUT2D eigenvalue weighted by Crippen LogP contribution is -2.28. The second-order valence-corrected chi connectivity index (χ2v) is 7.37. The van der Waals surface area contributed by atoms with Crippen molar-refractivity contribution < 1.29 is 9.72 Å². The van der Waals surface area contributed by atoms with Crippen LogP contribution in [0.4, 0.5) is 5.69 Å². The summed E-state index contributed by atoms with van der Waals surface area (Å²) in [7, 11) is 0. The highest BCUT2D eigenvalue weighted by Gasteiger charge is 2.18. The Bertz CT molecular complexity index is 1260. The maximum absolute atomic E-state index is 13.0. The average molecular weight is 448 g/mol. The molecular formula is C23H18ClN5O3. The van der Waals surface area contributed by atoms with Crippen molar-refractivity contribution in [1.29, 1.82) is 0 Å². The molecule has 8 nitrogen and oxygen atoms in total. The lowest BCUT2D eigenvalue weighted by Gasteiger charge is -2.08. The number of amides is 1. The van der Waals surface area contributed by atoms with Crippen LogP contribution in [0.3, 0.4) is 0 Å². The molecule has 2 aromatic heterocycles. The maximum atomic E-state index is 13.0. The van der Waals surface area contributed by atoms with Crippen molar-refractivity contribution in [2.45, 2.75) is 6.42 Å². The maximum Gasteiger partial charge on any atom is 0.270 e. The Kier molecular flexibility index (Phi) is 6.23. The molecule has 160 valence electrons. The molecule has 0 saturated carbocycles. The van der Waals surface area contributed by atoms with Crippen molar-refractivity contribution in [3.05, 3.63) is 106 Å². The summed E-state index contributed by atoms with van der Waals surface area (Å²) in [6.45, 7) is 0.406. The highest BCUT2D eigenvalue weighted by Crippen LogP contribution is 2.25. The molecule has 9 heteroatoms. The molecule has 0 unspecified atom stereocenters. The van der Waals surface area contributed by atoms with E-state index in [2.05, 4.69) is 15.4 Å². The zero-order chi connectivity index (χ0) is 22.5. The highest BCUT2D eigenvalue weighted by molar-refractivity contribution is 6.30. The normalized spacial score (nSPS) is 10.7. The number of halogens is 1. The van der Waals surface area contributed by atoms with Gasteiger partial charge in [-0.1, -0.05) is 23.7 Å². The van der Waals surface area contributed by atoms with Gasteiger partial charge in [-0.2, -0.15) is 5.10 Å². The van der Waals surface area contributed by atoms with Gasteiger partial charge in [-0.05, 0) is 48.5 Å². The number of nitrogens with one attached hydrogen (secondary N) is 1. The van der Waals surface area contributed by atoms with Crippen molar-refractivity contribution in [1.82, 2.24) is 20.1 Å². The van der Waals surface area contributed by atoms with Crippen LogP contribution in [0, 0.1) is 10.1 Å². The van der Waals surface area contributed by atoms with Crippen LogP contribution in [0.1, 0.15) is 16.2 Å². The van der Waals surface area contributed by atoms with Crippen LogP contribution in [0.15, 0.2) is 79.0 Å². The van der Waals surface area contributed by atoms with Gasteiger partial charge in [0.25, 0.3) is 11.6 Å². The van der Waals surface area contributed by atoms with Crippen LogP contribution in [0.2, 0.25) is 5.02 Å². The third-order valence-electron chi connectivity index (χ3n) is 4.76. The van der Waals surface area contributed by atoms with E-state index in [0.29, 0.717) is 40.6 Å². The van der Waals surface area contributed by atoms with Gasteiger partial charge in [0.15, 0.2) is 0 Å². The zero-order valence-electron chi connectivity index (χ0n) is 16.8. The number of hydrogen-bond acceptors (Lipinski definition) is 5. The minimum atomic E-state index is -0.463. The fraction of sp³-hybridized carbons (Fsp3) is 0.0870. The molecule has 1 amide bonds. The number of carbonyl (C=O) groups is 1. The fourth-order valence-corrected chi connectivity index (χ4v) is 3.37. The summed E-state index contributed by atoms with van der Waals surface area (Å²) in [5.74, 6) is -0.304. The Labute approximate surface area is 188 Å². The Morgan fingerprint density at radius 1 is 1.06 bits per heavy atom. The van der Waals surface area contributed by atoms with E-state index in [4.69, 9.17) is 11.6 Å². The number of benzene rings is 2. The number of non-ortho nitro benzene ring substituents is 1. The number of nitro benzene ring substituents is 1. The third kappa shape index (κ3) is 4.81. The number of nitro groups is 1. The predicted octanol–water partition coefficient (Wildman–Crippen LogP) is 4.47. The molecule has 32 heavy (non-hydrogen) atoms. The number of pyridine rings is 1. The number of aromatic nitrogens is 3. The van der Waals surface area contributed by atoms with Crippen LogP contribution in [0.5, 0.6) is 0 Å². The third-order valence-corrected chi connectivity index (χ3v) is 5.00. The van der Waals surface area contributed by atoms with Crippen molar-refractivity contribution in [3.63, 3.8) is 0 Å². The van der Waals surface area contributed by atoms with E-state index in [-0.39, 0.29) is 11.6 Å². The molecule has 0 spiro atoms. The smallest absolute Gasteiger partial charge is 0.270 e. The van der Waals surface area contributed by atoms with Gasteiger partial charge in [-0.3, -0.25) is 19.9 Å². The van der Waals surface area contributed by atoms with Gasteiger partial charge in [0.2, 0.25) is 0 Å². The molecule has 0 atom stereocenters. The van der Waals surface area contributed by atoms with E-state index in [1.165, 1.54) is 16.8 Å². The molecule has 2 aromatic carbocycles. The zero-order valence-corrected chi connectivity index (χ0v) is 17.6. The first-order valence-corrected chi connectivity index (χ1v) is 10.2. The summed E-state index contributed by atoms with van der Waals surface area (Å²) in [5, 5.41) is 18.9. The monoisotopic (exact) mass is 447 g/mol. The second-order valence-electron chi connectivity index (χ2n) is 6.94. The van der Waals surface area contributed by atoms with Crippen molar-refractivity contribution in [2.75, 3.05) is 6.54 Å². The lowest BCUT2D eigenvalue weighted by atomic mass is 10.1. The van der Waals surface area contributed by atoms with Crippen LogP contribution in [-0.4, -0.2) is 32.1 Å².